The standard InChI is InChI=1S/C14H19ClFN3O2S/c15-12-2-1-3-13(14(12)16)22(20,21)19-8-6-18(7-9-19)11-4-5-17-10-11/h1-3,11,17H,4-10H2. The molecule has 0 spiro atoms. The fourth-order valence-corrected chi connectivity index (χ4v) is 4.82. The Labute approximate surface area is 135 Å². The van der Waals surface area contributed by atoms with Gasteiger partial charge in [0.25, 0.3) is 0 Å². The van der Waals surface area contributed by atoms with Gasteiger partial charge < -0.3 is 5.32 Å². The lowest BCUT2D eigenvalue weighted by molar-refractivity contribution is 0.145. The van der Waals surface area contributed by atoms with E-state index in [-0.39, 0.29) is 9.92 Å². The summed E-state index contributed by atoms with van der Waals surface area (Å²) in [6.07, 6.45) is 1.09. The Bertz CT molecular complexity index is 641. The molecule has 0 bridgehead atoms. The first-order valence-electron chi connectivity index (χ1n) is 7.39. The first-order chi connectivity index (χ1) is 10.5. The summed E-state index contributed by atoms with van der Waals surface area (Å²) in [5, 5.41) is 3.14. The van der Waals surface area contributed by atoms with Crippen LogP contribution in [0.1, 0.15) is 6.42 Å². The molecule has 1 unspecified atom stereocenters. The van der Waals surface area contributed by atoms with Crippen LogP contribution in [0.2, 0.25) is 5.02 Å². The van der Waals surface area contributed by atoms with E-state index in [0.717, 1.165) is 19.5 Å². The highest BCUT2D eigenvalue weighted by molar-refractivity contribution is 7.89. The van der Waals surface area contributed by atoms with Crippen LogP contribution in [0.3, 0.4) is 0 Å². The molecule has 0 amide bonds. The molecule has 1 aromatic rings. The van der Waals surface area contributed by atoms with Crippen molar-refractivity contribution in [1.82, 2.24) is 14.5 Å². The van der Waals surface area contributed by atoms with Gasteiger partial charge in [-0.25, -0.2) is 12.8 Å². The van der Waals surface area contributed by atoms with Crippen LogP contribution in [-0.4, -0.2) is 62.9 Å². The van der Waals surface area contributed by atoms with E-state index in [0.29, 0.717) is 32.2 Å². The summed E-state index contributed by atoms with van der Waals surface area (Å²) in [7, 11) is -3.83. The molecule has 2 fully saturated rings. The van der Waals surface area contributed by atoms with Gasteiger partial charge in [-0.1, -0.05) is 17.7 Å². The minimum Gasteiger partial charge on any atom is -0.315 e. The Morgan fingerprint density at radius 2 is 1.95 bits per heavy atom. The van der Waals surface area contributed by atoms with Crippen molar-refractivity contribution in [2.24, 2.45) is 0 Å². The first-order valence-corrected chi connectivity index (χ1v) is 9.21. The lowest BCUT2D eigenvalue weighted by Gasteiger charge is -2.37. The van der Waals surface area contributed by atoms with E-state index in [2.05, 4.69) is 10.2 Å². The lowest BCUT2D eigenvalue weighted by atomic mass is 10.2. The molecular formula is C14H19ClFN3O2S. The van der Waals surface area contributed by atoms with Crippen LogP contribution in [0, 0.1) is 5.82 Å². The van der Waals surface area contributed by atoms with Crippen molar-refractivity contribution in [3.8, 4) is 0 Å². The van der Waals surface area contributed by atoms with E-state index in [1.165, 1.54) is 22.5 Å². The van der Waals surface area contributed by atoms with E-state index in [4.69, 9.17) is 11.6 Å². The maximum atomic E-state index is 14.0. The fraction of sp³-hybridized carbons (Fsp3) is 0.571. The van der Waals surface area contributed by atoms with Gasteiger partial charge in [0.15, 0.2) is 5.82 Å². The predicted octanol–water partition coefficient (Wildman–Crippen LogP) is 1.15. The van der Waals surface area contributed by atoms with Crippen molar-refractivity contribution in [2.75, 3.05) is 39.3 Å². The maximum absolute atomic E-state index is 14.0. The quantitative estimate of drug-likeness (QED) is 0.891. The summed E-state index contributed by atoms with van der Waals surface area (Å²) in [6.45, 7) is 4.07. The minimum atomic E-state index is -3.83. The van der Waals surface area contributed by atoms with Crippen molar-refractivity contribution in [2.45, 2.75) is 17.4 Å². The van der Waals surface area contributed by atoms with Gasteiger partial charge in [0.05, 0.1) is 5.02 Å². The molecule has 0 aromatic heterocycles. The number of halogens is 2. The van der Waals surface area contributed by atoms with Gasteiger partial charge in [-0.15, -0.1) is 0 Å². The molecule has 1 aromatic carbocycles. The number of nitrogens with zero attached hydrogens (tertiary/aromatic N) is 2. The summed E-state index contributed by atoms with van der Waals surface area (Å²) in [5.41, 5.74) is 0. The Kier molecular flexibility index (Phi) is 4.70. The summed E-state index contributed by atoms with van der Waals surface area (Å²) in [6, 6.07) is 4.55. The van der Waals surface area contributed by atoms with E-state index in [9.17, 15) is 12.8 Å². The van der Waals surface area contributed by atoms with Crippen LogP contribution >= 0.6 is 11.6 Å². The zero-order chi connectivity index (χ0) is 15.7. The molecule has 2 aliphatic heterocycles. The third-order valence-electron chi connectivity index (χ3n) is 4.36. The van der Waals surface area contributed by atoms with Crippen molar-refractivity contribution >= 4 is 21.6 Å². The van der Waals surface area contributed by atoms with E-state index in [1.807, 2.05) is 0 Å². The van der Waals surface area contributed by atoms with Gasteiger partial charge in [0, 0.05) is 38.8 Å². The number of sulfonamides is 1. The topological polar surface area (TPSA) is 52.7 Å². The summed E-state index contributed by atoms with van der Waals surface area (Å²) >= 11 is 5.69. The van der Waals surface area contributed by atoms with Crippen LogP contribution in [0.15, 0.2) is 23.1 Å². The SMILES string of the molecule is O=S(=O)(c1cccc(Cl)c1F)N1CCN(C2CCNC2)CC1. The highest BCUT2D eigenvalue weighted by atomic mass is 35.5. The second-order valence-electron chi connectivity index (χ2n) is 5.64. The molecule has 0 aliphatic carbocycles. The number of hydrogen-bond donors (Lipinski definition) is 1. The molecule has 2 saturated heterocycles. The molecule has 122 valence electrons. The second-order valence-corrected chi connectivity index (χ2v) is 7.95. The first kappa shape index (κ1) is 16.1. The third kappa shape index (κ3) is 3.00. The summed E-state index contributed by atoms with van der Waals surface area (Å²) in [4.78, 5) is 1.97. The average Bonchev–Trinajstić information content (AvgIpc) is 3.04. The van der Waals surface area contributed by atoms with E-state index < -0.39 is 15.8 Å². The predicted molar refractivity (Wildman–Crippen MR) is 83.0 cm³/mol. The van der Waals surface area contributed by atoms with Gasteiger partial charge in [-0.2, -0.15) is 4.31 Å². The van der Waals surface area contributed by atoms with Gasteiger partial charge in [-0.3, -0.25) is 4.90 Å². The molecule has 1 N–H and O–H groups in total. The van der Waals surface area contributed by atoms with Crippen LogP contribution < -0.4 is 5.32 Å². The number of benzene rings is 1. The number of nitrogens with one attached hydrogen (secondary N) is 1. The van der Waals surface area contributed by atoms with E-state index >= 15 is 0 Å². The van der Waals surface area contributed by atoms with Gasteiger partial charge >= 0.3 is 0 Å². The zero-order valence-electron chi connectivity index (χ0n) is 12.1. The molecular weight excluding hydrogens is 329 g/mol. The molecule has 8 heteroatoms. The van der Waals surface area contributed by atoms with E-state index in [1.54, 1.807) is 0 Å². The Morgan fingerprint density at radius 1 is 1.23 bits per heavy atom. The van der Waals surface area contributed by atoms with Crippen molar-refractivity contribution in [3.63, 3.8) is 0 Å². The number of piperazine rings is 1. The molecule has 2 heterocycles. The maximum Gasteiger partial charge on any atom is 0.246 e. The molecule has 0 saturated carbocycles. The number of hydrogen-bond acceptors (Lipinski definition) is 4. The smallest absolute Gasteiger partial charge is 0.246 e. The highest BCUT2D eigenvalue weighted by Gasteiger charge is 2.33. The summed E-state index contributed by atoms with van der Waals surface area (Å²) in [5.74, 6) is -0.869. The van der Waals surface area contributed by atoms with Crippen LogP contribution in [-0.2, 0) is 10.0 Å². The van der Waals surface area contributed by atoms with Gasteiger partial charge in [-0.05, 0) is 25.1 Å². The van der Waals surface area contributed by atoms with Gasteiger partial charge in [0.1, 0.15) is 4.90 Å². The molecule has 5 nitrogen and oxygen atoms in total. The average molecular weight is 348 g/mol. The van der Waals surface area contributed by atoms with Crippen molar-refractivity contribution in [1.29, 1.82) is 0 Å². The van der Waals surface area contributed by atoms with Gasteiger partial charge in [0.2, 0.25) is 10.0 Å². The Morgan fingerprint density at radius 3 is 2.59 bits per heavy atom. The van der Waals surface area contributed by atoms with Crippen molar-refractivity contribution < 1.29 is 12.8 Å². The third-order valence-corrected chi connectivity index (χ3v) is 6.57. The molecule has 2 aliphatic rings. The number of rotatable bonds is 3. The molecule has 0 radical (unpaired) electrons. The highest BCUT2D eigenvalue weighted by Crippen LogP contribution is 2.26. The normalized spacial score (nSPS) is 24.7. The van der Waals surface area contributed by atoms with Crippen LogP contribution in [0.5, 0.6) is 0 Å². The van der Waals surface area contributed by atoms with Crippen LogP contribution in [0.4, 0.5) is 4.39 Å². The van der Waals surface area contributed by atoms with Crippen molar-refractivity contribution in [3.05, 3.63) is 29.0 Å². The second kappa shape index (κ2) is 6.41. The molecule has 1 atom stereocenters. The monoisotopic (exact) mass is 347 g/mol. The lowest BCUT2D eigenvalue weighted by Crippen LogP contribution is -2.52. The Hall–Kier alpha value is -0.730. The zero-order valence-corrected chi connectivity index (χ0v) is 13.7. The molecule has 22 heavy (non-hydrogen) atoms. The fourth-order valence-electron chi connectivity index (χ4n) is 3.08. The Balaban J connectivity index is 1.73. The molecule has 3 rings (SSSR count). The largest absolute Gasteiger partial charge is 0.315 e. The summed E-state index contributed by atoms with van der Waals surface area (Å²) < 4.78 is 40.5. The minimum absolute atomic E-state index is 0.170. The van der Waals surface area contributed by atoms with Crippen LogP contribution in [0.25, 0.3) is 0 Å².